The van der Waals surface area contributed by atoms with Crippen molar-refractivity contribution in [3.8, 4) is 0 Å². The average molecular weight is 298 g/mol. The Hall–Kier alpha value is -2.82. The van der Waals surface area contributed by atoms with Crippen LogP contribution in [0.4, 0.5) is 0 Å². The second-order valence-electron chi connectivity index (χ2n) is 5.46. The molecule has 0 atom stereocenters. The molecular formula is C17H14O5. The van der Waals surface area contributed by atoms with Gasteiger partial charge in [0.05, 0.1) is 0 Å². The van der Waals surface area contributed by atoms with Crippen LogP contribution in [0.15, 0.2) is 48.0 Å². The second-order valence-corrected chi connectivity index (χ2v) is 5.46. The number of carbonyl (C=O) groups is 2. The summed E-state index contributed by atoms with van der Waals surface area (Å²) in [4.78, 5) is 23.9. The molecule has 0 aromatic heterocycles. The number of aliphatic hydroxyl groups is 1. The Morgan fingerprint density at radius 2 is 1.55 bits per heavy atom. The highest BCUT2D eigenvalue weighted by molar-refractivity contribution is 6.20. The number of hydrogen-bond donors (Lipinski definition) is 1. The van der Waals surface area contributed by atoms with E-state index in [-0.39, 0.29) is 0 Å². The standard InChI is InChI=1S/C17H14O5/c1-17(2)21-15(19)13(16(20)22-17)14(18)12-8-7-10-5-3-4-6-11(10)9-12/h3-9,18H,1-2H3. The molecule has 2 aromatic carbocycles. The van der Waals surface area contributed by atoms with Crippen molar-refractivity contribution < 1.29 is 24.2 Å². The summed E-state index contributed by atoms with van der Waals surface area (Å²) >= 11 is 0. The Kier molecular flexibility index (Phi) is 3.13. The molecule has 1 aliphatic heterocycles. The lowest BCUT2D eigenvalue weighted by Gasteiger charge is -2.30. The predicted molar refractivity (Wildman–Crippen MR) is 79.8 cm³/mol. The molecule has 1 heterocycles. The van der Waals surface area contributed by atoms with Crippen LogP contribution >= 0.6 is 0 Å². The first-order valence-corrected chi connectivity index (χ1v) is 6.76. The fourth-order valence-corrected chi connectivity index (χ4v) is 2.33. The molecule has 0 spiro atoms. The second kappa shape index (κ2) is 4.87. The van der Waals surface area contributed by atoms with Crippen molar-refractivity contribution in [2.75, 3.05) is 0 Å². The smallest absolute Gasteiger partial charge is 0.352 e. The van der Waals surface area contributed by atoms with Gasteiger partial charge in [-0.25, -0.2) is 9.59 Å². The first-order valence-electron chi connectivity index (χ1n) is 6.76. The van der Waals surface area contributed by atoms with E-state index in [1.165, 1.54) is 13.8 Å². The minimum atomic E-state index is -1.33. The normalized spacial score (nSPS) is 17.1. The number of esters is 2. The highest BCUT2D eigenvalue weighted by atomic mass is 16.7. The minimum Gasteiger partial charge on any atom is -0.506 e. The zero-order valence-corrected chi connectivity index (χ0v) is 12.1. The van der Waals surface area contributed by atoms with E-state index in [1.54, 1.807) is 18.2 Å². The summed E-state index contributed by atoms with van der Waals surface area (Å²) in [5.41, 5.74) is -0.142. The summed E-state index contributed by atoms with van der Waals surface area (Å²) in [6.07, 6.45) is 0. The van der Waals surface area contributed by atoms with Gasteiger partial charge in [-0.3, -0.25) is 0 Å². The van der Waals surface area contributed by atoms with Crippen LogP contribution in [0.25, 0.3) is 16.5 Å². The number of rotatable bonds is 1. The molecule has 0 unspecified atom stereocenters. The van der Waals surface area contributed by atoms with Crippen molar-refractivity contribution in [1.29, 1.82) is 0 Å². The number of fused-ring (bicyclic) bond motifs is 1. The van der Waals surface area contributed by atoms with E-state index in [0.717, 1.165) is 10.8 Å². The molecule has 2 aromatic rings. The van der Waals surface area contributed by atoms with Crippen LogP contribution in [0.5, 0.6) is 0 Å². The summed E-state index contributed by atoms with van der Waals surface area (Å²) in [6, 6.07) is 12.7. The third-order valence-corrected chi connectivity index (χ3v) is 3.34. The van der Waals surface area contributed by atoms with Gasteiger partial charge < -0.3 is 14.6 Å². The van der Waals surface area contributed by atoms with Crippen LogP contribution in [0.3, 0.4) is 0 Å². The fraction of sp³-hybridized carbons (Fsp3) is 0.176. The maximum Gasteiger partial charge on any atom is 0.352 e. The molecule has 1 aliphatic rings. The Morgan fingerprint density at radius 1 is 0.955 bits per heavy atom. The Balaban J connectivity index is 2.09. The third-order valence-electron chi connectivity index (χ3n) is 3.34. The van der Waals surface area contributed by atoms with Gasteiger partial charge in [-0.15, -0.1) is 0 Å². The molecule has 112 valence electrons. The van der Waals surface area contributed by atoms with Crippen LogP contribution in [-0.2, 0) is 19.1 Å². The van der Waals surface area contributed by atoms with Gasteiger partial charge in [0.15, 0.2) is 5.57 Å². The molecule has 1 fully saturated rings. The molecular weight excluding hydrogens is 284 g/mol. The van der Waals surface area contributed by atoms with E-state index >= 15 is 0 Å². The lowest BCUT2D eigenvalue weighted by Crippen LogP contribution is -2.42. The Bertz CT molecular complexity index is 795. The first-order chi connectivity index (χ1) is 10.4. The zero-order valence-electron chi connectivity index (χ0n) is 12.1. The number of carbonyl (C=O) groups excluding carboxylic acids is 2. The quantitative estimate of drug-likeness (QED) is 0.379. The number of benzene rings is 2. The topological polar surface area (TPSA) is 72.8 Å². The summed E-state index contributed by atoms with van der Waals surface area (Å²) in [5, 5.41) is 12.2. The number of hydrogen-bond acceptors (Lipinski definition) is 5. The van der Waals surface area contributed by atoms with Gasteiger partial charge in [-0.1, -0.05) is 36.4 Å². The Labute approximate surface area is 126 Å². The molecule has 0 radical (unpaired) electrons. The van der Waals surface area contributed by atoms with Gasteiger partial charge in [0, 0.05) is 19.4 Å². The van der Waals surface area contributed by atoms with Crippen LogP contribution in [0.2, 0.25) is 0 Å². The molecule has 1 saturated heterocycles. The lowest BCUT2D eigenvalue weighted by atomic mass is 10.0. The summed E-state index contributed by atoms with van der Waals surface area (Å²) in [7, 11) is 0. The maximum absolute atomic E-state index is 12.0. The van der Waals surface area contributed by atoms with E-state index in [4.69, 9.17) is 9.47 Å². The van der Waals surface area contributed by atoms with Crippen LogP contribution in [0, 0.1) is 0 Å². The van der Waals surface area contributed by atoms with Gasteiger partial charge >= 0.3 is 11.9 Å². The molecule has 0 saturated carbocycles. The van der Waals surface area contributed by atoms with E-state index in [2.05, 4.69) is 0 Å². The van der Waals surface area contributed by atoms with Gasteiger partial charge in [-0.2, -0.15) is 0 Å². The summed E-state index contributed by atoms with van der Waals surface area (Å²) in [6.45, 7) is 2.90. The molecule has 1 N–H and O–H groups in total. The van der Waals surface area contributed by atoms with Gasteiger partial charge in [0.1, 0.15) is 5.76 Å². The van der Waals surface area contributed by atoms with Crippen molar-refractivity contribution in [1.82, 2.24) is 0 Å². The van der Waals surface area contributed by atoms with Crippen molar-refractivity contribution in [3.05, 3.63) is 53.6 Å². The van der Waals surface area contributed by atoms with Crippen LogP contribution in [-0.4, -0.2) is 22.8 Å². The van der Waals surface area contributed by atoms with Gasteiger partial charge in [0.25, 0.3) is 5.79 Å². The molecule has 5 nitrogen and oxygen atoms in total. The molecule has 3 rings (SSSR count). The van der Waals surface area contributed by atoms with Crippen molar-refractivity contribution in [3.63, 3.8) is 0 Å². The maximum atomic E-state index is 12.0. The number of ether oxygens (including phenoxy) is 2. The van der Waals surface area contributed by atoms with Crippen molar-refractivity contribution in [2.45, 2.75) is 19.6 Å². The molecule has 0 bridgehead atoms. The first kappa shape index (κ1) is 14.1. The summed E-state index contributed by atoms with van der Waals surface area (Å²) < 4.78 is 9.97. The van der Waals surface area contributed by atoms with E-state index in [9.17, 15) is 14.7 Å². The molecule has 5 heteroatoms. The predicted octanol–water partition coefficient (Wildman–Crippen LogP) is 2.95. The molecule has 22 heavy (non-hydrogen) atoms. The highest BCUT2D eigenvalue weighted by Crippen LogP contribution is 2.28. The zero-order chi connectivity index (χ0) is 15.9. The van der Waals surface area contributed by atoms with E-state index in [0.29, 0.717) is 5.56 Å². The van der Waals surface area contributed by atoms with Crippen LogP contribution < -0.4 is 0 Å². The Morgan fingerprint density at radius 3 is 2.18 bits per heavy atom. The van der Waals surface area contributed by atoms with E-state index in [1.807, 2.05) is 24.3 Å². The minimum absolute atomic E-state index is 0.349. The van der Waals surface area contributed by atoms with Gasteiger partial charge in [0.2, 0.25) is 0 Å². The molecule has 0 aliphatic carbocycles. The average Bonchev–Trinajstić information content (AvgIpc) is 2.44. The molecule has 0 amide bonds. The fourth-order valence-electron chi connectivity index (χ4n) is 2.33. The monoisotopic (exact) mass is 298 g/mol. The largest absolute Gasteiger partial charge is 0.506 e. The van der Waals surface area contributed by atoms with E-state index < -0.39 is 29.1 Å². The third kappa shape index (κ3) is 2.41. The number of cyclic esters (lactones) is 2. The number of aliphatic hydroxyl groups excluding tert-OH is 1. The summed E-state index contributed by atoms with van der Waals surface area (Å²) in [5.74, 6) is -3.57. The van der Waals surface area contributed by atoms with Crippen LogP contribution in [0.1, 0.15) is 19.4 Å². The van der Waals surface area contributed by atoms with Crippen molar-refractivity contribution >= 4 is 28.5 Å². The van der Waals surface area contributed by atoms with Crippen molar-refractivity contribution in [2.24, 2.45) is 0 Å². The lowest BCUT2D eigenvalue weighted by molar-refractivity contribution is -0.222. The SMILES string of the molecule is CC1(C)OC(=O)C(=C(O)c2ccc3ccccc3c2)C(=O)O1. The van der Waals surface area contributed by atoms with Gasteiger partial charge in [-0.05, 0) is 16.8 Å². The highest BCUT2D eigenvalue weighted by Gasteiger charge is 2.41.